The number of benzene rings is 1. The molecule has 0 aliphatic rings. The van der Waals surface area contributed by atoms with Crippen molar-refractivity contribution in [3.8, 4) is 5.75 Å². The lowest BCUT2D eigenvalue weighted by atomic mass is 10.2. The Morgan fingerprint density at radius 2 is 1.85 bits per heavy atom. The molecule has 0 saturated carbocycles. The van der Waals surface area contributed by atoms with Crippen LogP contribution >= 0.6 is 23.2 Å². The number of methoxy groups -OCH3 is 1. The van der Waals surface area contributed by atoms with Gasteiger partial charge in [-0.1, -0.05) is 29.3 Å². The molecule has 1 amide bonds. The van der Waals surface area contributed by atoms with Gasteiger partial charge in [0.2, 0.25) is 0 Å². The Bertz CT molecular complexity index is 639. The summed E-state index contributed by atoms with van der Waals surface area (Å²) in [4.78, 5) is 16.0. The molecular weight excluding hydrogens is 299 g/mol. The van der Waals surface area contributed by atoms with E-state index in [0.29, 0.717) is 17.0 Å². The van der Waals surface area contributed by atoms with E-state index in [0.717, 1.165) is 5.56 Å². The summed E-state index contributed by atoms with van der Waals surface area (Å²) in [6.45, 7) is 1.94. The van der Waals surface area contributed by atoms with E-state index >= 15 is 0 Å². The Morgan fingerprint density at radius 1 is 1.20 bits per heavy atom. The first-order chi connectivity index (χ1) is 9.49. The second-order valence-electron chi connectivity index (χ2n) is 4.16. The highest BCUT2D eigenvalue weighted by Gasteiger charge is 2.11. The molecule has 1 heterocycles. The molecule has 2 aromatic rings. The number of halogens is 2. The second-order valence-corrected chi connectivity index (χ2v) is 4.93. The monoisotopic (exact) mass is 310 g/mol. The van der Waals surface area contributed by atoms with E-state index in [9.17, 15) is 4.79 Å². The maximum atomic E-state index is 12.2. The van der Waals surface area contributed by atoms with E-state index < -0.39 is 0 Å². The number of amides is 1. The summed E-state index contributed by atoms with van der Waals surface area (Å²) in [5.41, 5.74) is 1.94. The number of carbonyl (C=O) groups is 1. The first-order valence-electron chi connectivity index (χ1n) is 5.78. The van der Waals surface area contributed by atoms with Crippen molar-refractivity contribution in [2.24, 2.45) is 0 Å². The van der Waals surface area contributed by atoms with Gasteiger partial charge in [-0.2, -0.15) is 0 Å². The summed E-state index contributed by atoms with van der Waals surface area (Å²) in [6.07, 6.45) is 0. The molecule has 1 N–H and O–H groups in total. The second kappa shape index (κ2) is 6.11. The van der Waals surface area contributed by atoms with Crippen molar-refractivity contribution < 1.29 is 9.53 Å². The molecule has 0 aliphatic carbocycles. The summed E-state index contributed by atoms with van der Waals surface area (Å²) in [5.74, 6) is 0.253. The molecule has 0 bridgehead atoms. The van der Waals surface area contributed by atoms with Gasteiger partial charge in [-0.15, -0.1) is 0 Å². The summed E-state index contributed by atoms with van der Waals surface area (Å²) < 4.78 is 5.23. The van der Waals surface area contributed by atoms with Crippen LogP contribution in [0.15, 0.2) is 30.3 Å². The van der Waals surface area contributed by atoms with Crippen LogP contribution in [-0.4, -0.2) is 18.0 Å². The fraction of sp³-hybridized carbons (Fsp3) is 0.143. The maximum absolute atomic E-state index is 12.2. The predicted octanol–water partition coefficient (Wildman–Crippen LogP) is 3.96. The number of hydrogen-bond donors (Lipinski definition) is 1. The molecule has 0 atom stereocenters. The smallest absolute Gasteiger partial charge is 0.255 e. The van der Waals surface area contributed by atoms with Crippen LogP contribution in [0.25, 0.3) is 0 Å². The summed E-state index contributed by atoms with van der Waals surface area (Å²) in [6, 6.07) is 8.39. The molecule has 20 heavy (non-hydrogen) atoms. The average molecular weight is 311 g/mol. The topological polar surface area (TPSA) is 51.2 Å². The minimum atomic E-state index is -0.335. The van der Waals surface area contributed by atoms with Crippen molar-refractivity contribution in [1.82, 2.24) is 4.98 Å². The third-order valence-electron chi connectivity index (χ3n) is 2.63. The number of rotatable bonds is 3. The van der Waals surface area contributed by atoms with Crippen LogP contribution in [0.3, 0.4) is 0 Å². The number of ether oxygens (including phenoxy) is 1. The molecule has 0 fully saturated rings. The number of nitrogens with one attached hydrogen (secondary N) is 1. The van der Waals surface area contributed by atoms with Crippen LogP contribution in [-0.2, 0) is 0 Å². The highest BCUT2D eigenvalue weighted by Crippen LogP contribution is 2.26. The fourth-order valence-electron chi connectivity index (χ4n) is 1.69. The first-order valence-corrected chi connectivity index (χ1v) is 6.54. The Morgan fingerprint density at radius 3 is 2.45 bits per heavy atom. The Kier molecular flexibility index (Phi) is 4.47. The van der Waals surface area contributed by atoms with Crippen molar-refractivity contribution in [2.75, 3.05) is 12.4 Å². The van der Waals surface area contributed by atoms with Crippen LogP contribution < -0.4 is 10.1 Å². The minimum absolute atomic E-state index is 0.165. The van der Waals surface area contributed by atoms with Gasteiger partial charge >= 0.3 is 0 Å². The number of aromatic nitrogens is 1. The van der Waals surface area contributed by atoms with Gasteiger partial charge in [0.1, 0.15) is 16.1 Å². The zero-order valence-electron chi connectivity index (χ0n) is 10.9. The third-order valence-corrected chi connectivity index (χ3v) is 3.02. The van der Waals surface area contributed by atoms with Gasteiger partial charge < -0.3 is 10.1 Å². The van der Waals surface area contributed by atoms with Crippen molar-refractivity contribution >= 4 is 34.8 Å². The van der Waals surface area contributed by atoms with E-state index in [4.69, 9.17) is 27.9 Å². The van der Waals surface area contributed by atoms with Crippen molar-refractivity contribution in [1.29, 1.82) is 0 Å². The lowest BCUT2D eigenvalue weighted by molar-refractivity contribution is 0.102. The molecule has 0 aliphatic heterocycles. The van der Waals surface area contributed by atoms with Gasteiger partial charge in [0.05, 0.1) is 12.8 Å². The standard InChI is InChI=1S/C14H12Cl2N2O2/c1-8-3-4-10(11(5-8)20-2)17-14(19)9-6-12(15)18-13(16)7-9/h3-7H,1-2H3,(H,17,19). The molecule has 104 valence electrons. The Hall–Kier alpha value is -1.78. The van der Waals surface area contributed by atoms with Crippen LogP contribution in [0.5, 0.6) is 5.75 Å². The lowest BCUT2D eigenvalue weighted by Crippen LogP contribution is -2.13. The molecular formula is C14H12Cl2N2O2. The van der Waals surface area contributed by atoms with E-state index in [1.807, 2.05) is 19.1 Å². The Labute approximate surface area is 126 Å². The maximum Gasteiger partial charge on any atom is 0.255 e. The predicted molar refractivity (Wildman–Crippen MR) is 79.9 cm³/mol. The number of nitrogens with zero attached hydrogens (tertiary/aromatic N) is 1. The molecule has 1 aromatic heterocycles. The minimum Gasteiger partial charge on any atom is -0.495 e. The van der Waals surface area contributed by atoms with E-state index in [2.05, 4.69) is 10.3 Å². The van der Waals surface area contributed by atoms with Gasteiger partial charge in [0.15, 0.2) is 0 Å². The molecule has 0 unspecified atom stereocenters. The molecule has 4 nitrogen and oxygen atoms in total. The number of aryl methyl sites for hydroxylation is 1. The van der Waals surface area contributed by atoms with Gasteiger partial charge in [-0.3, -0.25) is 4.79 Å². The molecule has 1 aromatic carbocycles. The molecule has 0 spiro atoms. The number of anilines is 1. The zero-order chi connectivity index (χ0) is 14.7. The first kappa shape index (κ1) is 14.6. The summed E-state index contributed by atoms with van der Waals surface area (Å²) in [5, 5.41) is 3.08. The van der Waals surface area contributed by atoms with E-state index in [1.165, 1.54) is 12.1 Å². The van der Waals surface area contributed by atoms with Gasteiger partial charge in [0.25, 0.3) is 5.91 Å². The van der Waals surface area contributed by atoms with E-state index in [-0.39, 0.29) is 16.2 Å². The Balaban J connectivity index is 2.27. The van der Waals surface area contributed by atoms with Gasteiger partial charge in [0, 0.05) is 5.56 Å². The fourth-order valence-corrected chi connectivity index (χ4v) is 2.15. The van der Waals surface area contributed by atoms with Crippen LogP contribution in [0.1, 0.15) is 15.9 Å². The summed E-state index contributed by atoms with van der Waals surface area (Å²) in [7, 11) is 1.55. The van der Waals surface area contributed by atoms with Gasteiger partial charge in [-0.05, 0) is 36.8 Å². The SMILES string of the molecule is COc1cc(C)ccc1NC(=O)c1cc(Cl)nc(Cl)c1. The lowest BCUT2D eigenvalue weighted by Gasteiger charge is -2.11. The third kappa shape index (κ3) is 3.40. The van der Waals surface area contributed by atoms with Crippen LogP contribution in [0.4, 0.5) is 5.69 Å². The number of pyridine rings is 1. The highest BCUT2D eigenvalue weighted by atomic mass is 35.5. The molecule has 0 saturated heterocycles. The van der Waals surface area contributed by atoms with Crippen molar-refractivity contribution in [3.05, 3.63) is 51.8 Å². The quantitative estimate of drug-likeness (QED) is 0.873. The van der Waals surface area contributed by atoms with Crippen molar-refractivity contribution in [3.63, 3.8) is 0 Å². The molecule has 6 heteroatoms. The largest absolute Gasteiger partial charge is 0.495 e. The van der Waals surface area contributed by atoms with Gasteiger partial charge in [-0.25, -0.2) is 4.98 Å². The molecule has 0 radical (unpaired) electrons. The van der Waals surface area contributed by atoms with Crippen LogP contribution in [0.2, 0.25) is 10.3 Å². The zero-order valence-corrected chi connectivity index (χ0v) is 12.4. The number of hydrogen-bond acceptors (Lipinski definition) is 3. The van der Waals surface area contributed by atoms with Crippen LogP contribution in [0, 0.1) is 6.92 Å². The number of carbonyl (C=O) groups excluding carboxylic acids is 1. The molecule has 2 rings (SSSR count). The highest BCUT2D eigenvalue weighted by molar-refractivity contribution is 6.33. The van der Waals surface area contributed by atoms with Crippen molar-refractivity contribution in [2.45, 2.75) is 6.92 Å². The average Bonchev–Trinajstić information content (AvgIpc) is 2.39. The van der Waals surface area contributed by atoms with E-state index in [1.54, 1.807) is 13.2 Å². The summed E-state index contributed by atoms with van der Waals surface area (Å²) >= 11 is 11.6. The normalized spacial score (nSPS) is 10.2.